The highest BCUT2D eigenvalue weighted by Crippen LogP contribution is 2.37. The minimum Gasteiger partial charge on any atom is -0.497 e. The Balaban J connectivity index is 1.73. The highest BCUT2D eigenvalue weighted by molar-refractivity contribution is 5.40. The van der Waals surface area contributed by atoms with Crippen LogP contribution < -0.4 is 10.1 Å². The quantitative estimate of drug-likeness (QED) is 0.899. The molecule has 0 spiro atoms. The van der Waals surface area contributed by atoms with Gasteiger partial charge in [0.1, 0.15) is 5.75 Å². The van der Waals surface area contributed by atoms with Gasteiger partial charge in [-0.1, -0.05) is 6.07 Å². The molecule has 1 aromatic rings. The van der Waals surface area contributed by atoms with Crippen LogP contribution in [0.15, 0.2) is 18.2 Å². The number of hydrogen-bond acceptors (Lipinski definition) is 3. The molecule has 2 aliphatic rings. The van der Waals surface area contributed by atoms with Crippen LogP contribution >= 0.6 is 0 Å². The monoisotopic (exact) mass is 260 g/mol. The number of nitrogens with one attached hydrogen (secondary N) is 1. The molecule has 3 heteroatoms. The van der Waals surface area contributed by atoms with Crippen molar-refractivity contribution in [2.24, 2.45) is 0 Å². The molecule has 19 heavy (non-hydrogen) atoms. The second kappa shape index (κ2) is 5.51. The predicted octanol–water partition coefficient (Wildman–Crippen LogP) is 2.37. The Hall–Kier alpha value is -1.06. The van der Waals surface area contributed by atoms with Crippen LogP contribution in [0, 0.1) is 0 Å². The van der Waals surface area contributed by atoms with Gasteiger partial charge in [-0.15, -0.1) is 0 Å². The van der Waals surface area contributed by atoms with Crippen molar-refractivity contribution in [3.8, 4) is 5.75 Å². The summed E-state index contributed by atoms with van der Waals surface area (Å²) in [5.74, 6) is 0.984. The van der Waals surface area contributed by atoms with E-state index in [1.165, 1.54) is 43.4 Å². The number of aryl methyl sites for hydroxylation is 1. The molecule has 0 radical (unpaired) electrons. The van der Waals surface area contributed by atoms with E-state index < -0.39 is 0 Å². The fraction of sp³-hybridized carbons (Fsp3) is 0.625. The second-order valence-electron chi connectivity index (χ2n) is 5.85. The summed E-state index contributed by atoms with van der Waals surface area (Å²) in [6.45, 7) is 2.34. The van der Waals surface area contributed by atoms with Gasteiger partial charge in [-0.25, -0.2) is 0 Å². The van der Waals surface area contributed by atoms with E-state index in [-0.39, 0.29) is 0 Å². The van der Waals surface area contributed by atoms with Crippen LogP contribution in [0.3, 0.4) is 0 Å². The number of methoxy groups -OCH3 is 1. The van der Waals surface area contributed by atoms with E-state index in [0.717, 1.165) is 12.3 Å². The van der Waals surface area contributed by atoms with Crippen LogP contribution in [0.1, 0.15) is 36.4 Å². The smallest absolute Gasteiger partial charge is 0.119 e. The summed E-state index contributed by atoms with van der Waals surface area (Å²) < 4.78 is 5.37. The third-order valence-corrected chi connectivity index (χ3v) is 4.60. The van der Waals surface area contributed by atoms with Crippen LogP contribution in [-0.4, -0.2) is 38.2 Å². The number of fused-ring (bicyclic) bond motifs is 1. The lowest BCUT2D eigenvalue weighted by Gasteiger charge is -2.28. The number of ether oxygens (including phenoxy) is 1. The van der Waals surface area contributed by atoms with Crippen molar-refractivity contribution >= 4 is 0 Å². The summed E-state index contributed by atoms with van der Waals surface area (Å²) >= 11 is 0. The normalized spacial score (nSPS) is 25.8. The molecule has 2 unspecified atom stereocenters. The maximum Gasteiger partial charge on any atom is 0.119 e. The van der Waals surface area contributed by atoms with Crippen molar-refractivity contribution in [3.05, 3.63) is 29.3 Å². The Bertz CT molecular complexity index is 440. The summed E-state index contributed by atoms with van der Waals surface area (Å²) in [5.41, 5.74) is 2.97. The average Bonchev–Trinajstić information content (AvgIpc) is 3.06. The lowest BCUT2D eigenvalue weighted by atomic mass is 10.1. The zero-order valence-corrected chi connectivity index (χ0v) is 12.0. The molecule has 1 aliphatic heterocycles. The van der Waals surface area contributed by atoms with Gasteiger partial charge in [-0.2, -0.15) is 0 Å². The average molecular weight is 260 g/mol. The third-order valence-electron chi connectivity index (χ3n) is 4.60. The van der Waals surface area contributed by atoms with Crippen LogP contribution in [0.25, 0.3) is 0 Å². The molecule has 3 nitrogen and oxygen atoms in total. The Morgan fingerprint density at radius 2 is 2.26 bits per heavy atom. The molecule has 1 aromatic carbocycles. The largest absolute Gasteiger partial charge is 0.497 e. The summed E-state index contributed by atoms with van der Waals surface area (Å²) in [6, 6.07) is 7.79. The number of rotatable bonds is 4. The van der Waals surface area contributed by atoms with Crippen molar-refractivity contribution in [2.75, 3.05) is 27.2 Å². The summed E-state index contributed by atoms with van der Waals surface area (Å²) in [4.78, 5) is 2.52. The number of benzene rings is 1. The molecule has 1 saturated heterocycles. The van der Waals surface area contributed by atoms with Gasteiger partial charge in [-0.05, 0) is 62.5 Å². The van der Waals surface area contributed by atoms with Crippen molar-refractivity contribution in [1.29, 1.82) is 0 Å². The molecule has 104 valence electrons. The van der Waals surface area contributed by atoms with Crippen LogP contribution in [-0.2, 0) is 6.42 Å². The number of likely N-dealkylation sites (N-methyl/N-ethyl adjacent to an activating group) is 1. The van der Waals surface area contributed by atoms with Crippen LogP contribution in [0.5, 0.6) is 5.75 Å². The molecular formula is C16H24N2O. The molecule has 1 fully saturated rings. The van der Waals surface area contributed by atoms with Crippen molar-refractivity contribution < 1.29 is 4.74 Å². The Morgan fingerprint density at radius 1 is 1.37 bits per heavy atom. The molecule has 0 bridgehead atoms. The van der Waals surface area contributed by atoms with Gasteiger partial charge in [0.25, 0.3) is 0 Å². The maximum absolute atomic E-state index is 5.37. The SMILES string of the molecule is COc1ccc2c(c1)C(N(C)CC1CCCN1)CC2. The van der Waals surface area contributed by atoms with Gasteiger partial charge < -0.3 is 10.1 Å². The van der Waals surface area contributed by atoms with Gasteiger partial charge >= 0.3 is 0 Å². The second-order valence-corrected chi connectivity index (χ2v) is 5.85. The van der Waals surface area contributed by atoms with Gasteiger partial charge in [0.2, 0.25) is 0 Å². The Labute approximate surface area is 115 Å². The molecule has 3 rings (SSSR count). The highest BCUT2D eigenvalue weighted by atomic mass is 16.5. The van der Waals surface area contributed by atoms with E-state index in [2.05, 4.69) is 35.5 Å². The van der Waals surface area contributed by atoms with E-state index in [1.54, 1.807) is 7.11 Å². The minimum atomic E-state index is 0.562. The highest BCUT2D eigenvalue weighted by Gasteiger charge is 2.28. The van der Waals surface area contributed by atoms with E-state index in [1.807, 2.05) is 0 Å². The predicted molar refractivity (Wildman–Crippen MR) is 77.7 cm³/mol. The standard InChI is InChI=1S/C16H24N2O/c1-18(11-13-4-3-9-17-13)16-8-6-12-5-7-14(19-2)10-15(12)16/h5,7,10,13,16-17H,3-4,6,8-9,11H2,1-2H3. The Morgan fingerprint density at radius 3 is 3.00 bits per heavy atom. The molecule has 0 amide bonds. The van der Waals surface area contributed by atoms with Crippen molar-refractivity contribution in [1.82, 2.24) is 10.2 Å². The molecule has 0 saturated carbocycles. The topological polar surface area (TPSA) is 24.5 Å². The van der Waals surface area contributed by atoms with Crippen LogP contribution in [0.2, 0.25) is 0 Å². The summed E-state index contributed by atoms with van der Waals surface area (Å²) in [5, 5.41) is 3.59. The summed E-state index contributed by atoms with van der Waals surface area (Å²) in [7, 11) is 4.01. The minimum absolute atomic E-state index is 0.562. The van der Waals surface area contributed by atoms with Gasteiger partial charge in [-0.3, -0.25) is 4.90 Å². The number of hydrogen-bond donors (Lipinski definition) is 1. The first-order chi connectivity index (χ1) is 9.28. The first-order valence-electron chi connectivity index (χ1n) is 7.38. The van der Waals surface area contributed by atoms with Crippen LogP contribution in [0.4, 0.5) is 0 Å². The lowest BCUT2D eigenvalue weighted by molar-refractivity contribution is 0.223. The zero-order valence-electron chi connectivity index (χ0n) is 12.0. The van der Waals surface area contributed by atoms with Gasteiger partial charge in [0, 0.05) is 18.6 Å². The molecular weight excluding hydrogens is 236 g/mol. The number of nitrogens with zero attached hydrogens (tertiary/aromatic N) is 1. The maximum atomic E-state index is 5.37. The first kappa shape index (κ1) is 12.9. The van der Waals surface area contributed by atoms with Crippen molar-refractivity contribution in [3.63, 3.8) is 0 Å². The van der Waals surface area contributed by atoms with E-state index in [4.69, 9.17) is 4.74 Å². The Kier molecular flexibility index (Phi) is 3.76. The first-order valence-corrected chi connectivity index (χ1v) is 7.38. The zero-order chi connectivity index (χ0) is 13.2. The fourth-order valence-electron chi connectivity index (χ4n) is 3.53. The van der Waals surface area contributed by atoms with Gasteiger partial charge in [0.05, 0.1) is 7.11 Å². The third kappa shape index (κ3) is 2.63. The molecule has 1 heterocycles. The van der Waals surface area contributed by atoms with Crippen molar-refractivity contribution in [2.45, 2.75) is 37.8 Å². The van der Waals surface area contributed by atoms with Gasteiger partial charge in [0.15, 0.2) is 0 Å². The molecule has 0 aromatic heterocycles. The van der Waals surface area contributed by atoms with E-state index in [0.29, 0.717) is 12.1 Å². The lowest BCUT2D eigenvalue weighted by Crippen LogP contribution is -2.36. The van der Waals surface area contributed by atoms with E-state index >= 15 is 0 Å². The van der Waals surface area contributed by atoms with E-state index in [9.17, 15) is 0 Å². The molecule has 1 aliphatic carbocycles. The molecule has 1 N–H and O–H groups in total. The summed E-state index contributed by atoms with van der Waals surface area (Å²) in [6.07, 6.45) is 5.09. The fourth-order valence-corrected chi connectivity index (χ4v) is 3.53. The molecule has 2 atom stereocenters.